The Balaban J connectivity index is 1.38. The van der Waals surface area contributed by atoms with E-state index >= 15 is 0 Å². The third-order valence-electron chi connectivity index (χ3n) is 5.54. The molecule has 2 aliphatic rings. The zero-order chi connectivity index (χ0) is 16.8. The van der Waals surface area contributed by atoms with E-state index in [0.29, 0.717) is 18.5 Å². The van der Waals surface area contributed by atoms with Crippen LogP contribution in [0.1, 0.15) is 38.2 Å². The maximum absolute atomic E-state index is 12.3. The lowest BCUT2D eigenvalue weighted by atomic mass is 9.86. The van der Waals surface area contributed by atoms with Crippen molar-refractivity contribution < 1.29 is 4.79 Å². The lowest BCUT2D eigenvalue weighted by Gasteiger charge is -2.35. The van der Waals surface area contributed by atoms with Gasteiger partial charge in [-0.2, -0.15) is 0 Å². The number of piperazine rings is 1. The SMILES string of the molecule is C[C@@H]1CCCC[C@H]1NC(=O)CN1CCN(Cc2ccccc2)CC1. The molecule has 0 aromatic heterocycles. The van der Waals surface area contributed by atoms with Gasteiger partial charge in [0.15, 0.2) is 0 Å². The van der Waals surface area contributed by atoms with Gasteiger partial charge in [-0.25, -0.2) is 0 Å². The van der Waals surface area contributed by atoms with Crippen LogP contribution in [0.2, 0.25) is 0 Å². The minimum Gasteiger partial charge on any atom is -0.352 e. The molecule has 1 saturated heterocycles. The quantitative estimate of drug-likeness (QED) is 0.901. The number of benzene rings is 1. The van der Waals surface area contributed by atoms with Crippen molar-refractivity contribution in [2.75, 3.05) is 32.7 Å². The highest BCUT2D eigenvalue weighted by atomic mass is 16.2. The molecule has 1 heterocycles. The van der Waals surface area contributed by atoms with Gasteiger partial charge in [0.1, 0.15) is 0 Å². The molecule has 1 saturated carbocycles. The first-order chi connectivity index (χ1) is 11.7. The van der Waals surface area contributed by atoms with Crippen molar-refractivity contribution in [1.82, 2.24) is 15.1 Å². The summed E-state index contributed by atoms with van der Waals surface area (Å²) in [4.78, 5) is 17.1. The van der Waals surface area contributed by atoms with Crippen LogP contribution in [0.4, 0.5) is 0 Å². The number of hydrogen-bond acceptors (Lipinski definition) is 3. The number of nitrogens with one attached hydrogen (secondary N) is 1. The normalized spacial score (nSPS) is 26.2. The fourth-order valence-electron chi connectivity index (χ4n) is 3.93. The second-order valence-electron chi connectivity index (χ2n) is 7.47. The van der Waals surface area contributed by atoms with E-state index in [4.69, 9.17) is 0 Å². The third-order valence-corrected chi connectivity index (χ3v) is 5.54. The fourth-order valence-corrected chi connectivity index (χ4v) is 3.93. The molecule has 1 N–H and O–H groups in total. The first kappa shape index (κ1) is 17.4. The van der Waals surface area contributed by atoms with Crippen molar-refractivity contribution in [3.63, 3.8) is 0 Å². The topological polar surface area (TPSA) is 35.6 Å². The Morgan fingerprint density at radius 2 is 1.71 bits per heavy atom. The van der Waals surface area contributed by atoms with Crippen molar-refractivity contribution in [2.45, 2.75) is 45.2 Å². The van der Waals surface area contributed by atoms with Gasteiger partial charge in [-0.05, 0) is 24.3 Å². The smallest absolute Gasteiger partial charge is 0.234 e. The van der Waals surface area contributed by atoms with Crippen molar-refractivity contribution in [2.24, 2.45) is 5.92 Å². The largest absolute Gasteiger partial charge is 0.352 e. The number of amides is 1. The van der Waals surface area contributed by atoms with Gasteiger partial charge >= 0.3 is 0 Å². The molecule has 1 aromatic carbocycles. The van der Waals surface area contributed by atoms with E-state index in [1.807, 2.05) is 0 Å². The monoisotopic (exact) mass is 329 g/mol. The molecule has 0 bridgehead atoms. The standard InChI is InChI=1S/C20H31N3O/c1-17-7-5-6-10-19(17)21-20(24)16-23-13-11-22(12-14-23)15-18-8-3-2-4-9-18/h2-4,8-9,17,19H,5-7,10-16H2,1H3,(H,21,24)/t17-,19-/m1/s1. The van der Waals surface area contributed by atoms with E-state index < -0.39 is 0 Å². The first-order valence-electron chi connectivity index (χ1n) is 9.49. The Kier molecular flexibility index (Phi) is 6.27. The molecule has 0 radical (unpaired) electrons. The van der Waals surface area contributed by atoms with Crippen LogP contribution in [0, 0.1) is 5.92 Å². The number of hydrogen-bond donors (Lipinski definition) is 1. The Hall–Kier alpha value is -1.39. The molecule has 4 nitrogen and oxygen atoms in total. The minimum atomic E-state index is 0.213. The van der Waals surface area contributed by atoms with E-state index in [-0.39, 0.29) is 5.91 Å². The van der Waals surface area contributed by atoms with Crippen LogP contribution in [-0.4, -0.2) is 54.5 Å². The maximum Gasteiger partial charge on any atom is 0.234 e. The van der Waals surface area contributed by atoms with Gasteiger partial charge < -0.3 is 5.32 Å². The summed E-state index contributed by atoms with van der Waals surface area (Å²) in [5, 5.41) is 3.27. The predicted molar refractivity (Wildman–Crippen MR) is 97.7 cm³/mol. The van der Waals surface area contributed by atoms with E-state index in [1.165, 1.54) is 24.8 Å². The highest BCUT2D eigenvalue weighted by Gasteiger charge is 2.24. The molecule has 2 atom stereocenters. The first-order valence-corrected chi connectivity index (χ1v) is 9.49. The van der Waals surface area contributed by atoms with Gasteiger partial charge in [0, 0.05) is 38.8 Å². The Bertz CT molecular complexity index is 511. The van der Waals surface area contributed by atoms with Crippen LogP contribution in [0.25, 0.3) is 0 Å². The zero-order valence-corrected chi connectivity index (χ0v) is 14.9. The van der Waals surface area contributed by atoms with Crippen molar-refractivity contribution >= 4 is 5.91 Å². The highest BCUT2D eigenvalue weighted by molar-refractivity contribution is 5.78. The molecule has 24 heavy (non-hydrogen) atoms. The summed E-state index contributed by atoms with van der Waals surface area (Å²) in [7, 11) is 0. The van der Waals surface area contributed by atoms with E-state index in [9.17, 15) is 4.79 Å². The molecule has 132 valence electrons. The molecule has 3 rings (SSSR count). The highest BCUT2D eigenvalue weighted by Crippen LogP contribution is 2.23. The lowest BCUT2D eigenvalue weighted by molar-refractivity contribution is -0.124. The summed E-state index contributed by atoms with van der Waals surface area (Å²) in [5.74, 6) is 0.843. The summed E-state index contributed by atoms with van der Waals surface area (Å²) >= 11 is 0. The van der Waals surface area contributed by atoms with Crippen LogP contribution in [0.3, 0.4) is 0 Å². The molecule has 1 aliphatic heterocycles. The van der Waals surface area contributed by atoms with Gasteiger partial charge in [-0.1, -0.05) is 50.1 Å². The average Bonchev–Trinajstić information content (AvgIpc) is 2.60. The van der Waals surface area contributed by atoms with E-state index in [1.54, 1.807) is 0 Å². The molecular weight excluding hydrogens is 298 g/mol. The molecular formula is C20H31N3O. The Morgan fingerprint density at radius 3 is 2.42 bits per heavy atom. The molecule has 4 heteroatoms. The second-order valence-corrected chi connectivity index (χ2v) is 7.47. The van der Waals surface area contributed by atoms with E-state index in [0.717, 1.165) is 39.1 Å². The van der Waals surface area contributed by atoms with Crippen LogP contribution < -0.4 is 5.32 Å². The van der Waals surface area contributed by atoms with Gasteiger partial charge in [0.25, 0.3) is 0 Å². The van der Waals surface area contributed by atoms with Gasteiger partial charge in [-0.3, -0.25) is 14.6 Å². The molecule has 1 amide bonds. The fraction of sp³-hybridized carbons (Fsp3) is 0.650. The van der Waals surface area contributed by atoms with Gasteiger partial charge in [-0.15, -0.1) is 0 Å². The summed E-state index contributed by atoms with van der Waals surface area (Å²) in [6, 6.07) is 11.0. The molecule has 1 aliphatic carbocycles. The molecule has 0 spiro atoms. The number of carbonyl (C=O) groups excluding carboxylic acids is 1. The minimum absolute atomic E-state index is 0.213. The van der Waals surface area contributed by atoms with Crippen molar-refractivity contribution in [3.8, 4) is 0 Å². The van der Waals surface area contributed by atoms with Crippen LogP contribution in [0.15, 0.2) is 30.3 Å². The zero-order valence-electron chi connectivity index (χ0n) is 14.9. The summed E-state index contributed by atoms with van der Waals surface area (Å²) in [5.41, 5.74) is 1.37. The van der Waals surface area contributed by atoms with Crippen LogP contribution >= 0.6 is 0 Å². The second kappa shape index (κ2) is 8.63. The van der Waals surface area contributed by atoms with Gasteiger partial charge in [0.2, 0.25) is 5.91 Å². The van der Waals surface area contributed by atoms with Crippen molar-refractivity contribution in [3.05, 3.63) is 35.9 Å². The number of nitrogens with zero attached hydrogens (tertiary/aromatic N) is 2. The summed E-state index contributed by atoms with van der Waals surface area (Å²) in [6.45, 7) is 7.90. The molecule has 0 unspecified atom stereocenters. The number of carbonyl (C=O) groups is 1. The molecule has 1 aromatic rings. The predicted octanol–water partition coefficient (Wildman–Crippen LogP) is 2.50. The summed E-state index contributed by atoms with van der Waals surface area (Å²) < 4.78 is 0. The third kappa shape index (κ3) is 5.05. The van der Waals surface area contributed by atoms with Crippen molar-refractivity contribution in [1.29, 1.82) is 0 Å². The van der Waals surface area contributed by atoms with E-state index in [2.05, 4.69) is 52.4 Å². The molecule has 2 fully saturated rings. The lowest BCUT2D eigenvalue weighted by Crippen LogP contribution is -2.51. The van der Waals surface area contributed by atoms with Crippen LogP contribution in [0.5, 0.6) is 0 Å². The van der Waals surface area contributed by atoms with Gasteiger partial charge in [0.05, 0.1) is 6.54 Å². The van der Waals surface area contributed by atoms with Crippen LogP contribution in [-0.2, 0) is 11.3 Å². The Labute approximate surface area is 146 Å². The average molecular weight is 329 g/mol. The maximum atomic E-state index is 12.3. The Morgan fingerprint density at radius 1 is 1.04 bits per heavy atom. The number of rotatable bonds is 5. The summed E-state index contributed by atoms with van der Waals surface area (Å²) in [6.07, 6.45) is 4.98.